The molecule has 2 aromatic rings. The Morgan fingerprint density at radius 3 is 2.67 bits per heavy atom. The van der Waals surface area contributed by atoms with Crippen LogP contribution in [0.1, 0.15) is 10.4 Å². The van der Waals surface area contributed by atoms with Gasteiger partial charge in [-0.05, 0) is 30.3 Å². The van der Waals surface area contributed by atoms with Gasteiger partial charge in [0.15, 0.2) is 0 Å². The number of halogens is 2. The quantitative estimate of drug-likeness (QED) is 0.850. The second kappa shape index (κ2) is 5.71. The molecule has 0 radical (unpaired) electrons. The van der Waals surface area contributed by atoms with E-state index in [-0.39, 0.29) is 5.91 Å². The van der Waals surface area contributed by atoms with E-state index >= 15 is 0 Å². The van der Waals surface area contributed by atoms with E-state index in [2.05, 4.69) is 15.8 Å². The summed E-state index contributed by atoms with van der Waals surface area (Å²) in [5.41, 5.74) is 6.38. The molecule has 18 heavy (non-hydrogen) atoms. The zero-order chi connectivity index (χ0) is 13.0. The molecule has 0 fully saturated rings. The van der Waals surface area contributed by atoms with Crippen LogP contribution >= 0.6 is 23.2 Å². The molecular formula is C12H9Cl2N3O. The van der Waals surface area contributed by atoms with E-state index in [0.717, 1.165) is 0 Å². The summed E-state index contributed by atoms with van der Waals surface area (Å²) in [7, 11) is 0. The molecule has 6 heteroatoms. The van der Waals surface area contributed by atoms with Crippen molar-refractivity contribution >= 4 is 34.8 Å². The Hall–Kier alpha value is -1.78. The van der Waals surface area contributed by atoms with Crippen LogP contribution in [-0.4, -0.2) is 10.9 Å². The van der Waals surface area contributed by atoms with Crippen LogP contribution in [0.3, 0.4) is 0 Å². The smallest absolute Gasteiger partial charge is 0.271 e. The molecule has 2 N–H and O–H groups in total. The molecule has 0 unspecified atom stereocenters. The van der Waals surface area contributed by atoms with Crippen molar-refractivity contribution in [2.75, 3.05) is 5.43 Å². The third-order valence-electron chi connectivity index (χ3n) is 2.16. The zero-order valence-electron chi connectivity index (χ0n) is 9.15. The number of amides is 1. The van der Waals surface area contributed by atoms with Gasteiger partial charge in [0.05, 0.1) is 21.3 Å². The molecule has 1 aromatic carbocycles. The fourth-order valence-electron chi connectivity index (χ4n) is 1.27. The minimum absolute atomic E-state index is 0.283. The second-order valence-electron chi connectivity index (χ2n) is 3.45. The highest BCUT2D eigenvalue weighted by Crippen LogP contribution is 2.24. The number of hydrogen-bond acceptors (Lipinski definition) is 3. The molecule has 4 nitrogen and oxygen atoms in total. The molecule has 0 saturated carbocycles. The van der Waals surface area contributed by atoms with Crippen LogP contribution in [0.25, 0.3) is 0 Å². The van der Waals surface area contributed by atoms with Crippen LogP contribution < -0.4 is 10.9 Å². The van der Waals surface area contributed by atoms with E-state index in [0.29, 0.717) is 21.3 Å². The van der Waals surface area contributed by atoms with Crippen molar-refractivity contribution in [1.29, 1.82) is 0 Å². The van der Waals surface area contributed by atoms with Crippen LogP contribution in [0.15, 0.2) is 42.7 Å². The van der Waals surface area contributed by atoms with Gasteiger partial charge in [0.25, 0.3) is 5.91 Å². The number of aromatic nitrogens is 1. The molecule has 0 bridgehead atoms. The lowest BCUT2D eigenvalue weighted by atomic mass is 10.3. The van der Waals surface area contributed by atoms with Crippen molar-refractivity contribution in [1.82, 2.24) is 10.4 Å². The van der Waals surface area contributed by atoms with Crippen LogP contribution in [0.4, 0.5) is 5.69 Å². The summed E-state index contributed by atoms with van der Waals surface area (Å²) in [6.45, 7) is 0. The van der Waals surface area contributed by atoms with E-state index in [1.54, 1.807) is 36.5 Å². The standard InChI is InChI=1S/C12H9Cl2N3O/c13-10-4-3-9(6-11(10)14)16-17-12(18)8-2-1-5-15-7-8/h1-7,16H,(H,17,18). The third kappa shape index (κ3) is 3.12. The van der Waals surface area contributed by atoms with Gasteiger partial charge in [-0.2, -0.15) is 0 Å². The molecule has 0 atom stereocenters. The van der Waals surface area contributed by atoms with E-state index in [4.69, 9.17) is 23.2 Å². The first-order valence-corrected chi connectivity index (χ1v) is 5.84. The van der Waals surface area contributed by atoms with Gasteiger partial charge < -0.3 is 0 Å². The second-order valence-corrected chi connectivity index (χ2v) is 4.26. The Labute approximate surface area is 114 Å². The van der Waals surface area contributed by atoms with Crippen molar-refractivity contribution in [3.05, 3.63) is 58.3 Å². The molecule has 0 spiro atoms. The Morgan fingerprint density at radius 2 is 2.00 bits per heavy atom. The molecule has 1 heterocycles. The lowest BCUT2D eigenvalue weighted by Crippen LogP contribution is -2.29. The molecule has 0 aliphatic heterocycles. The Kier molecular flexibility index (Phi) is 4.02. The van der Waals surface area contributed by atoms with Gasteiger partial charge in [0, 0.05) is 12.4 Å². The van der Waals surface area contributed by atoms with E-state index < -0.39 is 0 Å². The number of nitrogens with zero attached hydrogens (tertiary/aromatic N) is 1. The van der Waals surface area contributed by atoms with Gasteiger partial charge in [0.1, 0.15) is 0 Å². The summed E-state index contributed by atoms with van der Waals surface area (Å²) in [5, 5.41) is 0.873. The summed E-state index contributed by atoms with van der Waals surface area (Å²) in [6, 6.07) is 8.32. The summed E-state index contributed by atoms with van der Waals surface area (Å²) < 4.78 is 0. The topological polar surface area (TPSA) is 54.0 Å². The number of rotatable bonds is 3. The highest BCUT2D eigenvalue weighted by atomic mass is 35.5. The van der Waals surface area contributed by atoms with Crippen molar-refractivity contribution in [3.8, 4) is 0 Å². The van der Waals surface area contributed by atoms with Crippen molar-refractivity contribution < 1.29 is 4.79 Å². The van der Waals surface area contributed by atoms with Gasteiger partial charge in [-0.1, -0.05) is 23.2 Å². The van der Waals surface area contributed by atoms with Crippen LogP contribution in [0.2, 0.25) is 10.0 Å². The fourth-order valence-corrected chi connectivity index (χ4v) is 1.57. The van der Waals surface area contributed by atoms with Crippen molar-refractivity contribution in [2.24, 2.45) is 0 Å². The molecule has 0 saturated heterocycles. The van der Waals surface area contributed by atoms with Gasteiger partial charge in [-0.15, -0.1) is 0 Å². The molecule has 92 valence electrons. The minimum atomic E-state index is -0.283. The van der Waals surface area contributed by atoms with Crippen LogP contribution in [0.5, 0.6) is 0 Å². The van der Waals surface area contributed by atoms with Gasteiger partial charge >= 0.3 is 0 Å². The summed E-state index contributed by atoms with van der Waals surface area (Å²) >= 11 is 11.6. The van der Waals surface area contributed by atoms with Gasteiger partial charge in [0.2, 0.25) is 0 Å². The Balaban J connectivity index is 1.99. The fraction of sp³-hybridized carbons (Fsp3) is 0. The summed E-state index contributed by atoms with van der Waals surface area (Å²) in [6.07, 6.45) is 3.08. The number of carbonyl (C=O) groups excluding carboxylic acids is 1. The first kappa shape index (κ1) is 12.7. The SMILES string of the molecule is O=C(NNc1ccc(Cl)c(Cl)c1)c1cccnc1. The highest BCUT2D eigenvalue weighted by Gasteiger charge is 2.04. The van der Waals surface area contributed by atoms with Crippen molar-refractivity contribution in [2.45, 2.75) is 0 Å². The van der Waals surface area contributed by atoms with Gasteiger partial charge in [-0.25, -0.2) is 0 Å². The third-order valence-corrected chi connectivity index (χ3v) is 2.90. The lowest BCUT2D eigenvalue weighted by Gasteiger charge is -2.08. The Bertz CT molecular complexity index is 561. The average Bonchev–Trinajstić information content (AvgIpc) is 2.41. The molecule has 0 aliphatic rings. The average molecular weight is 282 g/mol. The maximum Gasteiger partial charge on any atom is 0.271 e. The molecule has 0 aliphatic carbocycles. The van der Waals surface area contributed by atoms with E-state index in [9.17, 15) is 4.79 Å². The monoisotopic (exact) mass is 281 g/mol. The molecule has 1 aromatic heterocycles. The summed E-state index contributed by atoms with van der Waals surface area (Å²) in [5.74, 6) is -0.283. The zero-order valence-corrected chi connectivity index (χ0v) is 10.7. The number of anilines is 1. The largest absolute Gasteiger partial charge is 0.298 e. The number of pyridine rings is 1. The number of hydrogen-bond donors (Lipinski definition) is 2. The first-order valence-electron chi connectivity index (χ1n) is 5.08. The Morgan fingerprint density at radius 1 is 1.17 bits per heavy atom. The number of benzene rings is 1. The number of nitrogens with one attached hydrogen (secondary N) is 2. The minimum Gasteiger partial charge on any atom is -0.298 e. The molecule has 1 amide bonds. The molecular weight excluding hydrogens is 273 g/mol. The maximum atomic E-state index is 11.7. The summed E-state index contributed by atoms with van der Waals surface area (Å²) in [4.78, 5) is 15.6. The number of carbonyl (C=O) groups is 1. The first-order chi connectivity index (χ1) is 8.66. The van der Waals surface area contributed by atoms with Gasteiger partial charge in [-0.3, -0.25) is 20.6 Å². The maximum absolute atomic E-state index is 11.7. The predicted molar refractivity (Wildman–Crippen MR) is 71.8 cm³/mol. The van der Waals surface area contributed by atoms with E-state index in [1.165, 1.54) is 6.20 Å². The van der Waals surface area contributed by atoms with Crippen LogP contribution in [-0.2, 0) is 0 Å². The van der Waals surface area contributed by atoms with Crippen LogP contribution in [0, 0.1) is 0 Å². The molecule has 2 rings (SSSR count). The highest BCUT2D eigenvalue weighted by molar-refractivity contribution is 6.42. The number of hydrazine groups is 1. The predicted octanol–water partition coefficient (Wildman–Crippen LogP) is 3.15. The van der Waals surface area contributed by atoms with E-state index in [1.807, 2.05) is 0 Å². The van der Waals surface area contributed by atoms with Crippen molar-refractivity contribution in [3.63, 3.8) is 0 Å². The normalized spacial score (nSPS) is 9.89. The lowest BCUT2D eigenvalue weighted by molar-refractivity contribution is 0.0962.